The number of nitrogen functional groups attached to an aromatic ring is 1. The van der Waals surface area contributed by atoms with Crippen LogP contribution in [-0.4, -0.2) is 11.1 Å². The summed E-state index contributed by atoms with van der Waals surface area (Å²) in [7, 11) is 0. The number of aliphatic carboxylic acids is 1. The van der Waals surface area contributed by atoms with Gasteiger partial charge in [-0.05, 0) is 24.1 Å². The van der Waals surface area contributed by atoms with E-state index in [1.807, 2.05) is 6.92 Å². The zero-order valence-electron chi connectivity index (χ0n) is 8.03. The Morgan fingerprint density at radius 1 is 1.50 bits per heavy atom. The average molecular weight is 194 g/mol. The van der Waals surface area contributed by atoms with Gasteiger partial charge in [0.2, 0.25) is 0 Å². The van der Waals surface area contributed by atoms with Crippen molar-refractivity contribution in [2.45, 2.75) is 19.3 Å². The highest BCUT2D eigenvalue weighted by atomic mass is 16.4. The van der Waals surface area contributed by atoms with Crippen LogP contribution in [0.5, 0.6) is 0 Å². The maximum atomic E-state index is 10.8. The molecule has 0 aliphatic carbocycles. The van der Waals surface area contributed by atoms with Gasteiger partial charge in [0.15, 0.2) is 0 Å². The zero-order valence-corrected chi connectivity index (χ0v) is 8.03. The van der Waals surface area contributed by atoms with E-state index in [9.17, 15) is 4.79 Å². The minimum atomic E-state index is -0.791. The molecule has 0 bridgehead atoms. The van der Waals surface area contributed by atoms with Crippen LogP contribution in [0.15, 0.2) is 24.3 Å². The lowest BCUT2D eigenvalue weighted by atomic mass is 9.97. The van der Waals surface area contributed by atoms with Gasteiger partial charge in [-0.25, -0.2) is 0 Å². The van der Waals surface area contributed by atoms with Gasteiger partial charge >= 0.3 is 5.97 Å². The molecular weight excluding hydrogens is 180 g/mol. The van der Waals surface area contributed by atoms with E-state index in [0.717, 1.165) is 11.3 Å². The van der Waals surface area contributed by atoms with Gasteiger partial charge in [-0.3, -0.25) is 10.6 Å². The Morgan fingerprint density at radius 2 is 2.07 bits per heavy atom. The molecule has 4 N–H and O–H groups in total. The summed E-state index contributed by atoms with van der Waals surface area (Å²) in [5, 5.41) is 8.91. The molecule has 1 aromatic carbocycles. The first-order valence-electron chi connectivity index (χ1n) is 4.48. The summed E-state index contributed by atoms with van der Waals surface area (Å²) in [5.74, 6) is 3.98. The summed E-state index contributed by atoms with van der Waals surface area (Å²) in [6.45, 7) is 1.86. The summed E-state index contributed by atoms with van der Waals surface area (Å²) in [4.78, 5) is 10.8. The van der Waals surface area contributed by atoms with Crippen LogP contribution < -0.4 is 11.3 Å². The lowest BCUT2D eigenvalue weighted by Gasteiger charge is -2.10. The summed E-state index contributed by atoms with van der Waals surface area (Å²) >= 11 is 0. The molecule has 0 aliphatic heterocycles. The van der Waals surface area contributed by atoms with E-state index in [2.05, 4.69) is 5.43 Å². The van der Waals surface area contributed by atoms with Crippen molar-refractivity contribution >= 4 is 11.7 Å². The van der Waals surface area contributed by atoms with Crippen molar-refractivity contribution < 1.29 is 9.90 Å². The number of carbonyl (C=O) groups is 1. The lowest BCUT2D eigenvalue weighted by molar-refractivity contribution is -0.138. The Hall–Kier alpha value is -1.55. The summed E-state index contributed by atoms with van der Waals surface area (Å²) in [6.07, 6.45) is 0.588. The Labute approximate surface area is 82.7 Å². The van der Waals surface area contributed by atoms with Crippen LogP contribution >= 0.6 is 0 Å². The zero-order chi connectivity index (χ0) is 10.6. The third-order valence-corrected chi connectivity index (χ3v) is 2.19. The topological polar surface area (TPSA) is 75.3 Å². The molecule has 0 saturated carbocycles. The van der Waals surface area contributed by atoms with Crippen LogP contribution in [-0.2, 0) is 4.79 Å². The molecular formula is C10H14N2O2. The molecule has 4 heteroatoms. The maximum absolute atomic E-state index is 10.8. The molecule has 1 aromatic rings. The Morgan fingerprint density at radius 3 is 2.43 bits per heavy atom. The smallest absolute Gasteiger partial charge is 0.310 e. The predicted octanol–water partition coefficient (Wildman–Crippen LogP) is 1.55. The Balaban J connectivity index is 2.89. The normalized spacial score (nSPS) is 12.1. The van der Waals surface area contributed by atoms with E-state index >= 15 is 0 Å². The molecule has 0 fully saturated rings. The van der Waals surface area contributed by atoms with E-state index < -0.39 is 11.9 Å². The molecule has 0 heterocycles. The summed E-state index contributed by atoms with van der Waals surface area (Å²) < 4.78 is 0. The standard InChI is InChI=1S/C10H14N2O2/c1-2-9(10(13)14)7-3-5-8(12-11)6-4-7/h3-6,9,12H,2,11H2,1H3,(H,13,14). The SMILES string of the molecule is CCC(C(=O)O)c1ccc(NN)cc1. The first-order chi connectivity index (χ1) is 6.69. The molecule has 0 aliphatic rings. The van der Waals surface area contributed by atoms with Crippen molar-refractivity contribution in [3.63, 3.8) is 0 Å². The van der Waals surface area contributed by atoms with Gasteiger partial charge < -0.3 is 10.5 Å². The Bertz CT molecular complexity index is 308. The van der Waals surface area contributed by atoms with Crippen LogP contribution in [0.2, 0.25) is 0 Å². The van der Waals surface area contributed by atoms with Gasteiger partial charge in [-0.2, -0.15) is 0 Å². The van der Waals surface area contributed by atoms with Crippen LogP contribution in [0.4, 0.5) is 5.69 Å². The van der Waals surface area contributed by atoms with Crippen LogP contribution in [0.3, 0.4) is 0 Å². The maximum Gasteiger partial charge on any atom is 0.310 e. The van der Waals surface area contributed by atoms with E-state index in [1.54, 1.807) is 24.3 Å². The second-order valence-electron chi connectivity index (χ2n) is 3.07. The van der Waals surface area contributed by atoms with Crippen molar-refractivity contribution in [2.24, 2.45) is 5.84 Å². The fraction of sp³-hybridized carbons (Fsp3) is 0.300. The number of nitrogens with two attached hydrogens (primary N) is 1. The number of rotatable bonds is 4. The molecule has 1 rings (SSSR count). The van der Waals surface area contributed by atoms with Gasteiger partial charge in [0.25, 0.3) is 0 Å². The van der Waals surface area contributed by atoms with Gasteiger partial charge in [0.1, 0.15) is 0 Å². The number of anilines is 1. The van der Waals surface area contributed by atoms with E-state index in [4.69, 9.17) is 10.9 Å². The fourth-order valence-electron chi connectivity index (χ4n) is 1.36. The molecule has 76 valence electrons. The average Bonchev–Trinajstić information content (AvgIpc) is 2.19. The lowest BCUT2D eigenvalue weighted by Crippen LogP contribution is -2.11. The molecule has 0 saturated heterocycles. The highest BCUT2D eigenvalue weighted by Crippen LogP contribution is 2.21. The molecule has 14 heavy (non-hydrogen) atoms. The van der Waals surface area contributed by atoms with Crippen molar-refractivity contribution in [1.82, 2.24) is 0 Å². The van der Waals surface area contributed by atoms with Crippen molar-refractivity contribution in [1.29, 1.82) is 0 Å². The first kappa shape index (κ1) is 10.5. The molecule has 0 amide bonds. The molecule has 1 unspecified atom stereocenters. The number of benzene rings is 1. The van der Waals surface area contributed by atoms with Crippen molar-refractivity contribution in [3.05, 3.63) is 29.8 Å². The second-order valence-corrected chi connectivity index (χ2v) is 3.07. The number of hydrazine groups is 1. The molecule has 1 atom stereocenters. The summed E-state index contributed by atoms with van der Waals surface area (Å²) in [5.41, 5.74) is 4.07. The fourth-order valence-corrected chi connectivity index (χ4v) is 1.36. The van der Waals surface area contributed by atoms with Gasteiger partial charge in [-0.1, -0.05) is 19.1 Å². The number of nitrogens with one attached hydrogen (secondary N) is 1. The second kappa shape index (κ2) is 4.62. The number of hydrogen-bond acceptors (Lipinski definition) is 3. The number of carboxylic acid groups (broad SMARTS) is 1. The van der Waals surface area contributed by atoms with E-state index in [1.165, 1.54) is 0 Å². The molecule has 0 aromatic heterocycles. The highest BCUT2D eigenvalue weighted by Gasteiger charge is 2.16. The predicted molar refractivity (Wildman–Crippen MR) is 54.9 cm³/mol. The van der Waals surface area contributed by atoms with E-state index in [-0.39, 0.29) is 0 Å². The van der Waals surface area contributed by atoms with Crippen LogP contribution in [0.1, 0.15) is 24.8 Å². The quantitative estimate of drug-likeness (QED) is 0.502. The summed E-state index contributed by atoms with van der Waals surface area (Å²) in [6, 6.07) is 7.08. The number of hydrogen-bond donors (Lipinski definition) is 3. The van der Waals surface area contributed by atoms with Gasteiger partial charge in [-0.15, -0.1) is 0 Å². The minimum absolute atomic E-state index is 0.429. The molecule has 0 spiro atoms. The molecule has 0 radical (unpaired) electrons. The van der Waals surface area contributed by atoms with E-state index in [0.29, 0.717) is 6.42 Å². The number of carboxylic acids is 1. The van der Waals surface area contributed by atoms with Crippen LogP contribution in [0.25, 0.3) is 0 Å². The first-order valence-corrected chi connectivity index (χ1v) is 4.48. The molecule has 4 nitrogen and oxygen atoms in total. The minimum Gasteiger partial charge on any atom is -0.481 e. The van der Waals surface area contributed by atoms with Gasteiger partial charge in [0.05, 0.1) is 5.92 Å². The Kier molecular flexibility index (Phi) is 3.48. The largest absolute Gasteiger partial charge is 0.481 e. The highest BCUT2D eigenvalue weighted by molar-refractivity contribution is 5.76. The monoisotopic (exact) mass is 194 g/mol. The van der Waals surface area contributed by atoms with Crippen molar-refractivity contribution in [2.75, 3.05) is 5.43 Å². The van der Waals surface area contributed by atoms with Crippen molar-refractivity contribution in [3.8, 4) is 0 Å². The van der Waals surface area contributed by atoms with Gasteiger partial charge in [0, 0.05) is 5.69 Å². The third kappa shape index (κ3) is 2.23. The third-order valence-electron chi connectivity index (χ3n) is 2.19. The van der Waals surface area contributed by atoms with Crippen LogP contribution in [0, 0.1) is 0 Å².